The Bertz CT molecular complexity index is 382. The van der Waals surface area contributed by atoms with E-state index in [0.717, 1.165) is 5.56 Å². The maximum Gasteiger partial charge on any atom is 0.216 e. The van der Waals surface area contributed by atoms with Crippen LogP contribution in [0.1, 0.15) is 12.5 Å². The number of rotatable bonds is 6. The Labute approximate surface area is 106 Å². The van der Waals surface area contributed by atoms with E-state index >= 15 is 0 Å². The zero-order valence-electron chi connectivity index (χ0n) is 9.70. The first-order chi connectivity index (χ1) is 8.13. The lowest BCUT2D eigenvalue weighted by Gasteiger charge is -2.11. The largest absolute Gasteiger partial charge is 0.491 e. The highest BCUT2D eigenvalue weighted by molar-refractivity contribution is 6.30. The van der Waals surface area contributed by atoms with Gasteiger partial charge in [-0.3, -0.25) is 4.79 Å². The van der Waals surface area contributed by atoms with Crippen LogP contribution in [-0.2, 0) is 11.2 Å². The van der Waals surface area contributed by atoms with E-state index in [9.17, 15) is 4.79 Å². The molecule has 0 spiro atoms. The molecule has 2 N–H and O–H groups in total. The number of hydrogen-bond acceptors (Lipinski definition) is 3. The van der Waals surface area contributed by atoms with E-state index in [4.69, 9.17) is 21.4 Å². The van der Waals surface area contributed by atoms with Crippen LogP contribution in [0.5, 0.6) is 5.75 Å². The number of nitrogens with one attached hydrogen (secondary N) is 1. The number of ether oxygens (including phenoxy) is 1. The lowest BCUT2D eigenvalue weighted by Crippen LogP contribution is -2.22. The van der Waals surface area contributed by atoms with Crippen LogP contribution in [-0.4, -0.2) is 30.8 Å². The minimum absolute atomic E-state index is 0.0440. The Hall–Kier alpha value is -1.26. The average molecular weight is 258 g/mol. The van der Waals surface area contributed by atoms with Crippen molar-refractivity contribution in [2.24, 2.45) is 0 Å². The van der Waals surface area contributed by atoms with Crippen molar-refractivity contribution in [1.82, 2.24) is 5.32 Å². The molecule has 5 heteroatoms. The van der Waals surface area contributed by atoms with Gasteiger partial charge in [0.05, 0.1) is 6.61 Å². The first-order valence-electron chi connectivity index (χ1n) is 5.40. The molecule has 0 bridgehead atoms. The molecule has 0 saturated heterocycles. The summed E-state index contributed by atoms with van der Waals surface area (Å²) < 4.78 is 5.38. The number of amides is 1. The van der Waals surface area contributed by atoms with Crippen molar-refractivity contribution in [3.63, 3.8) is 0 Å². The molecule has 0 aliphatic rings. The van der Waals surface area contributed by atoms with Gasteiger partial charge in [0.25, 0.3) is 0 Å². The third-order valence-corrected chi connectivity index (χ3v) is 2.38. The first-order valence-corrected chi connectivity index (χ1v) is 5.78. The average Bonchev–Trinajstić information content (AvgIpc) is 2.28. The number of halogens is 1. The van der Waals surface area contributed by atoms with Gasteiger partial charge in [0.2, 0.25) is 5.91 Å². The standard InChI is InChI=1S/C12H16ClNO3/c1-9(16)14-5-4-10-2-3-11(13)8-12(10)17-7-6-15/h2-3,8,15H,4-7H2,1H3,(H,14,16). The Balaban J connectivity index is 2.64. The van der Waals surface area contributed by atoms with Crippen molar-refractivity contribution in [2.75, 3.05) is 19.8 Å². The quantitative estimate of drug-likeness (QED) is 0.810. The predicted octanol–water partition coefficient (Wildman–Crippen LogP) is 1.39. The summed E-state index contributed by atoms with van der Waals surface area (Å²) in [6.07, 6.45) is 0.664. The van der Waals surface area contributed by atoms with E-state index < -0.39 is 0 Å². The molecule has 0 aromatic heterocycles. The lowest BCUT2D eigenvalue weighted by molar-refractivity contribution is -0.118. The van der Waals surface area contributed by atoms with Gasteiger partial charge in [-0.15, -0.1) is 0 Å². The molecule has 94 valence electrons. The number of carbonyl (C=O) groups is 1. The van der Waals surface area contributed by atoms with Gasteiger partial charge in [0.1, 0.15) is 12.4 Å². The van der Waals surface area contributed by atoms with Crippen LogP contribution in [0.3, 0.4) is 0 Å². The molecule has 0 radical (unpaired) electrons. The van der Waals surface area contributed by atoms with Crippen molar-refractivity contribution >= 4 is 17.5 Å². The van der Waals surface area contributed by atoms with E-state index in [2.05, 4.69) is 5.32 Å². The Morgan fingerprint density at radius 3 is 2.94 bits per heavy atom. The van der Waals surface area contributed by atoms with Gasteiger partial charge in [-0.05, 0) is 24.1 Å². The normalized spacial score (nSPS) is 10.1. The molecule has 0 heterocycles. The molecule has 0 atom stereocenters. The van der Waals surface area contributed by atoms with E-state index in [0.29, 0.717) is 23.7 Å². The molecule has 1 aromatic rings. The summed E-state index contributed by atoms with van der Waals surface area (Å²) in [5.41, 5.74) is 0.955. The first kappa shape index (κ1) is 13.8. The molecular formula is C12H16ClNO3. The fourth-order valence-corrected chi connectivity index (χ4v) is 1.56. The summed E-state index contributed by atoms with van der Waals surface area (Å²) in [6, 6.07) is 5.34. The SMILES string of the molecule is CC(=O)NCCc1ccc(Cl)cc1OCCO. The van der Waals surface area contributed by atoms with Crippen molar-refractivity contribution in [2.45, 2.75) is 13.3 Å². The van der Waals surface area contributed by atoms with Crippen molar-refractivity contribution in [3.8, 4) is 5.75 Å². The van der Waals surface area contributed by atoms with Crippen molar-refractivity contribution < 1.29 is 14.6 Å². The number of aliphatic hydroxyl groups is 1. The molecule has 1 rings (SSSR count). The van der Waals surface area contributed by atoms with Gasteiger partial charge >= 0.3 is 0 Å². The number of benzene rings is 1. The van der Waals surface area contributed by atoms with Crippen molar-refractivity contribution in [1.29, 1.82) is 0 Å². The summed E-state index contributed by atoms with van der Waals surface area (Å²) >= 11 is 5.87. The zero-order chi connectivity index (χ0) is 12.7. The van der Waals surface area contributed by atoms with Crippen LogP contribution < -0.4 is 10.1 Å². The fraction of sp³-hybridized carbons (Fsp3) is 0.417. The Morgan fingerprint density at radius 2 is 2.29 bits per heavy atom. The van der Waals surface area contributed by atoms with Crippen LogP contribution in [0.25, 0.3) is 0 Å². The second-order valence-electron chi connectivity index (χ2n) is 3.56. The molecule has 1 aromatic carbocycles. The zero-order valence-corrected chi connectivity index (χ0v) is 10.5. The maximum atomic E-state index is 10.7. The minimum atomic E-state index is -0.0585. The fourth-order valence-electron chi connectivity index (χ4n) is 1.40. The molecular weight excluding hydrogens is 242 g/mol. The van der Waals surface area contributed by atoms with Crippen molar-refractivity contribution in [3.05, 3.63) is 28.8 Å². The van der Waals surface area contributed by atoms with Gasteiger partial charge in [-0.25, -0.2) is 0 Å². The number of hydrogen-bond donors (Lipinski definition) is 2. The molecule has 4 nitrogen and oxygen atoms in total. The van der Waals surface area contributed by atoms with Crippen LogP contribution in [0, 0.1) is 0 Å². The second-order valence-corrected chi connectivity index (χ2v) is 3.99. The summed E-state index contributed by atoms with van der Waals surface area (Å²) in [5, 5.41) is 12.0. The lowest BCUT2D eigenvalue weighted by atomic mass is 10.1. The van der Waals surface area contributed by atoms with E-state index in [1.807, 2.05) is 6.07 Å². The van der Waals surface area contributed by atoms with Gasteiger partial charge in [0, 0.05) is 18.5 Å². The molecule has 0 aliphatic carbocycles. The molecule has 0 fully saturated rings. The van der Waals surface area contributed by atoms with Gasteiger partial charge in [0.15, 0.2) is 0 Å². The van der Waals surface area contributed by atoms with Crippen LogP contribution in [0.2, 0.25) is 5.02 Å². The highest BCUT2D eigenvalue weighted by Gasteiger charge is 2.05. The number of aliphatic hydroxyl groups excluding tert-OH is 1. The van der Waals surface area contributed by atoms with E-state index in [-0.39, 0.29) is 19.1 Å². The summed E-state index contributed by atoms with van der Waals surface area (Å²) in [4.78, 5) is 10.7. The Morgan fingerprint density at radius 1 is 1.53 bits per heavy atom. The monoisotopic (exact) mass is 257 g/mol. The smallest absolute Gasteiger partial charge is 0.216 e. The Kier molecular flexibility index (Phi) is 5.80. The molecule has 0 aliphatic heterocycles. The molecule has 1 amide bonds. The second kappa shape index (κ2) is 7.14. The predicted molar refractivity (Wildman–Crippen MR) is 66.4 cm³/mol. The summed E-state index contributed by atoms with van der Waals surface area (Å²) in [6.45, 7) is 2.21. The van der Waals surface area contributed by atoms with Gasteiger partial charge in [-0.2, -0.15) is 0 Å². The van der Waals surface area contributed by atoms with E-state index in [1.54, 1.807) is 12.1 Å². The minimum Gasteiger partial charge on any atom is -0.491 e. The van der Waals surface area contributed by atoms with Gasteiger partial charge in [-0.1, -0.05) is 17.7 Å². The number of carbonyl (C=O) groups excluding carboxylic acids is 1. The third kappa shape index (κ3) is 5.06. The van der Waals surface area contributed by atoms with E-state index in [1.165, 1.54) is 6.92 Å². The molecule has 0 unspecified atom stereocenters. The third-order valence-electron chi connectivity index (χ3n) is 2.15. The summed E-state index contributed by atoms with van der Waals surface area (Å²) in [7, 11) is 0. The highest BCUT2D eigenvalue weighted by atomic mass is 35.5. The molecule has 17 heavy (non-hydrogen) atoms. The highest BCUT2D eigenvalue weighted by Crippen LogP contribution is 2.23. The molecule has 0 saturated carbocycles. The van der Waals surface area contributed by atoms with Crippen LogP contribution >= 0.6 is 11.6 Å². The van der Waals surface area contributed by atoms with Gasteiger partial charge < -0.3 is 15.2 Å². The van der Waals surface area contributed by atoms with Crippen LogP contribution in [0.15, 0.2) is 18.2 Å². The summed E-state index contributed by atoms with van der Waals surface area (Å²) in [5.74, 6) is 0.591. The van der Waals surface area contributed by atoms with Crippen LogP contribution in [0.4, 0.5) is 0 Å². The maximum absolute atomic E-state index is 10.7. The topological polar surface area (TPSA) is 58.6 Å².